The number of rotatable bonds is 3. The number of nitrogens with zero attached hydrogens (tertiary/aromatic N) is 2. The van der Waals surface area contributed by atoms with Gasteiger partial charge in [-0.05, 0) is 26.3 Å². The summed E-state index contributed by atoms with van der Waals surface area (Å²) in [6.45, 7) is 5.67. The number of amides is 2. The molecule has 0 aliphatic carbocycles. The molecular weight excluding hydrogens is 288 g/mol. The van der Waals surface area contributed by atoms with E-state index >= 15 is 0 Å². The fourth-order valence-electron chi connectivity index (χ4n) is 2.66. The Kier molecular flexibility index (Phi) is 4.22. The summed E-state index contributed by atoms with van der Waals surface area (Å²) in [5.74, 6) is -0.625. The molecule has 21 heavy (non-hydrogen) atoms. The normalized spacial score (nSPS) is 18.6. The lowest BCUT2D eigenvalue weighted by atomic mass is 10.0. The maximum absolute atomic E-state index is 12.0. The molecule has 3 N–H and O–H groups in total. The molecule has 0 aromatic carbocycles. The first-order valence-electron chi connectivity index (χ1n) is 6.73. The van der Waals surface area contributed by atoms with Crippen LogP contribution >= 0.6 is 12.2 Å². The minimum atomic E-state index is -0.419. The molecule has 1 fully saturated rings. The van der Waals surface area contributed by atoms with E-state index in [0.717, 1.165) is 5.69 Å². The highest BCUT2D eigenvalue weighted by atomic mass is 32.1. The summed E-state index contributed by atoms with van der Waals surface area (Å²) in [5.41, 5.74) is 8.61. The van der Waals surface area contributed by atoms with Crippen molar-refractivity contribution in [3.63, 3.8) is 0 Å². The van der Waals surface area contributed by atoms with Crippen LogP contribution in [0, 0.1) is 13.8 Å². The number of carbonyl (C=O) groups excluding carboxylic acids is 2. The van der Waals surface area contributed by atoms with Crippen molar-refractivity contribution >= 4 is 34.7 Å². The van der Waals surface area contributed by atoms with Crippen LogP contribution in [0.1, 0.15) is 30.3 Å². The summed E-state index contributed by atoms with van der Waals surface area (Å²) in [6, 6.07) is 1.40. The topological polar surface area (TPSA) is 88.3 Å². The number of nitrogens with two attached hydrogens (primary N) is 1. The lowest BCUT2D eigenvalue weighted by Gasteiger charge is -2.36. The van der Waals surface area contributed by atoms with Gasteiger partial charge in [-0.15, -0.1) is 0 Å². The molecule has 1 aromatic heterocycles. The Balaban J connectivity index is 2.60. The molecule has 112 valence electrons. The van der Waals surface area contributed by atoms with Gasteiger partial charge in [0.1, 0.15) is 11.0 Å². The van der Waals surface area contributed by atoms with Gasteiger partial charge >= 0.3 is 0 Å². The Hall–Kier alpha value is -2.02. The summed E-state index contributed by atoms with van der Waals surface area (Å²) in [6.07, 6.45) is 0.580. The monoisotopic (exact) mass is 306 g/mol. The first-order valence-corrected chi connectivity index (χ1v) is 7.14. The smallest absolute Gasteiger partial charge is 0.249 e. The predicted molar refractivity (Wildman–Crippen MR) is 84.2 cm³/mol. The average molecular weight is 306 g/mol. The molecule has 2 heterocycles. The molecule has 1 saturated heterocycles. The van der Waals surface area contributed by atoms with Crippen LogP contribution in [0.15, 0.2) is 6.07 Å². The van der Waals surface area contributed by atoms with Gasteiger partial charge in [-0.2, -0.15) is 0 Å². The van der Waals surface area contributed by atoms with Crippen molar-refractivity contribution in [2.75, 3.05) is 11.4 Å². The number of thiocarbonyl (C=S) groups is 1. The van der Waals surface area contributed by atoms with Gasteiger partial charge in [0.05, 0.1) is 17.8 Å². The van der Waals surface area contributed by atoms with Crippen LogP contribution < -0.4 is 16.0 Å². The molecule has 0 radical (unpaired) electrons. The Morgan fingerprint density at radius 3 is 2.76 bits per heavy atom. The second-order valence-corrected chi connectivity index (χ2v) is 5.51. The standard InChI is InChI=1S/C14H18N4O2S/c1-4-9-14(20)17-11(19)6-18(9)10-5-7(2)16-8(3)12(10)13(15)21/h5,9H,4,6H2,1-3H3,(H2,15,21)(H,17,19,20). The molecule has 2 amide bonds. The minimum Gasteiger partial charge on any atom is -0.389 e. The highest BCUT2D eigenvalue weighted by Crippen LogP contribution is 2.27. The van der Waals surface area contributed by atoms with Crippen LogP contribution in [-0.4, -0.2) is 34.4 Å². The molecule has 6 nitrogen and oxygen atoms in total. The number of pyridine rings is 1. The van der Waals surface area contributed by atoms with Gasteiger partial charge in [0.25, 0.3) is 0 Å². The van der Waals surface area contributed by atoms with Gasteiger partial charge in [-0.25, -0.2) is 0 Å². The second kappa shape index (κ2) is 5.77. The molecule has 1 unspecified atom stereocenters. The number of piperazine rings is 1. The zero-order chi connectivity index (χ0) is 15.7. The number of aromatic nitrogens is 1. The van der Waals surface area contributed by atoms with Crippen molar-refractivity contribution in [2.45, 2.75) is 33.2 Å². The van der Waals surface area contributed by atoms with Gasteiger partial charge < -0.3 is 10.6 Å². The fraction of sp³-hybridized carbons (Fsp3) is 0.429. The Bertz CT molecular complexity index is 630. The van der Waals surface area contributed by atoms with E-state index in [1.807, 2.05) is 26.8 Å². The molecule has 7 heteroatoms. The van der Waals surface area contributed by atoms with Crippen LogP contribution in [0.4, 0.5) is 5.69 Å². The molecule has 2 rings (SSSR count). The van der Waals surface area contributed by atoms with Crippen molar-refractivity contribution in [1.82, 2.24) is 10.3 Å². The third-order valence-electron chi connectivity index (χ3n) is 3.51. The van der Waals surface area contributed by atoms with Crippen LogP contribution in [-0.2, 0) is 9.59 Å². The number of nitrogens with one attached hydrogen (secondary N) is 1. The molecule has 1 aliphatic rings. The lowest BCUT2D eigenvalue weighted by Crippen LogP contribution is -2.58. The second-order valence-electron chi connectivity index (χ2n) is 5.07. The zero-order valence-electron chi connectivity index (χ0n) is 12.3. The molecule has 1 aromatic rings. The number of hydrogen-bond donors (Lipinski definition) is 2. The summed E-state index contributed by atoms with van der Waals surface area (Å²) in [4.78, 5) is 30.1. The van der Waals surface area contributed by atoms with Crippen LogP contribution in [0.25, 0.3) is 0 Å². The zero-order valence-corrected chi connectivity index (χ0v) is 13.1. The van der Waals surface area contributed by atoms with Crippen molar-refractivity contribution in [3.8, 4) is 0 Å². The summed E-state index contributed by atoms with van der Waals surface area (Å²) < 4.78 is 0. The van der Waals surface area contributed by atoms with E-state index in [9.17, 15) is 9.59 Å². The third kappa shape index (κ3) is 2.87. The van der Waals surface area contributed by atoms with E-state index < -0.39 is 6.04 Å². The van der Waals surface area contributed by atoms with Gasteiger partial charge in [-0.3, -0.25) is 19.9 Å². The first kappa shape index (κ1) is 15.4. The van der Waals surface area contributed by atoms with E-state index in [1.54, 1.807) is 4.90 Å². The van der Waals surface area contributed by atoms with Crippen molar-refractivity contribution in [1.29, 1.82) is 0 Å². The van der Waals surface area contributed by atoms with E-state index in [-0.39, 0.29) is 23.3 Å². The quantitative estimate of drug-likeness (QED) is 0.627. The molecular formula is C14H18N4O2S. The largest absolute Gasteiger partial charge is 0.389 e. The summed E-state index contributed by atoms with van der Waals surface area (Å²) >= 11 is 5.11. The maximum Gasteiger partial charge on any atom is 0.249 e. The highest BCUT2D eigenvalue weighted by molar-refractivity contribution is 7.80. The Morgan fingerprint density at radius 1 is 1.52 bits per heavy atom. The molecule has 1 atom stereocenters. The summed E-state index contributed by atoms with van der Waals surface area (Å²) in [5, 5.41) is 2.36. The van der Waals surface area contributed by atoms with E-state index in [4.69, 9.17) is 18.0 Å². The van der Waals surface area contributed by atoms with Gasteiger partial charge in [0, 0.05) is 11.4 Å². The average Bonchev–Trinajstić information content (AvgIpc) is 2.36. The van der Waals surface area contributed by atoms with Crippen LogP contribution in [0.3, 0.4) is 0 Å². The van der Waals surface area contributed by atoms with Crippen LogP contribution in [0.2, 0.25) is 0 Å². The van der Waals surface area contributed by atoms with E-state index in [0.29, 0.717) is 23.4 Å². The van der Waals surface area contributed by atoms with E-state index in [2.05, 4.69) is 10.3 Å². The molecule has 0 bridgehead atoms. The number of carbonyl (C=O) groups is 2. The predicted octanol–water partition coefficient (Wildman–Crippen LogP) is 0.574. The van der Waals surface area contributed by atoms with Gasteiger partial charge in [-0.1, -0.05) is 19.1 Å². The first-order chi connectivity index (χ1) is 9.85. The Morgan fingerprint density at radius 2 is 2.19 bits per heavy atom. The van der Waals surface area contributed by atoms with Crippen molar-refractivity contribution < 1.29 is 9.59 Å². The highest BCUT2D eigenvalue weighted by Gasteiger charge is 2.34. The van der Waals surface area contributed by atoms with Crippen molar-refractivity contribution in [2.24, 2.45) is 5.73 Å². The van der Waals surface area contributed by atoms with E-state index in [1.165, 1.54) is 0 Å². The number of aryl methyl sites for hydroxylation is 2. The number of anilines is 1. The SMILES string of the molecule is CCC1C(=O)NC(=O)CN1c1cc(C)nc(C)c1C(N)=S. The number of hydrogen-bond acceptors (Lipinski definition) is 5. The van der Waals surface area contributed by atoms with Gasteiger partial charge in [0.15, 0.2) is 0 Å². The van der Waals surface area contributed by atoms with Crippen molar-refractivity contribution in [3.05, 3.63) is 23.0 Å². The fourth-order valence-corrected chi connectivity index (χ4v) is 2.92. The lowest BCUT2D eigenvalue weighted by molar-refractivity contribution is -0.132. The van der Waals surface area contributed by atoms with Crippen LogP contribution in [0.5, 0.6) is 0 Å². The Labute approximate surface area is 128 Å². The third-order valence-corrected chi connectivity index (χ3v) is 3.71. The summed E-state index contributed by atoms with van der Waals surface area (Å²) in [7, 11) is 0. The minimum absolute atomic E-state index is 0.1000. The molecule has 0 saturated carbocycles. The van der Waals surface area contributed by atoms with Gasteiger partial charge in [0.2, 0.25) is 11.8 Å². The number of imide groups is 1. The maximum atomic E-state index is 12.0. The molecule has 1 aliphatic heterocycles. The molecule has 0 spiro atoms.